The fourth-order valence-corrected chi connectivity index (χ4v) is 4.76. The lowest BCUT2D eigenvalue weighted by atomic mass is 9.97. The maximum Gasteiger partial charge on any atom is 0.274 e. The van der Waals surface area contributed by atoms with Crippen LogP contribution in [0.4, 0.5) is 4.39 Å². The summed E-state index contributed by atoms with van der Waals surface area (Å²) in [5.41, 5.74) is 3.38. The molecule has 0 bridgehead atoms. The number of rotatable bonds is 6. The summed E-state index contributed by atoms with van der Waals surface area (Å²) in [6.45, 7) is 2.20. The Balaban J connectivity index is 1.83. The van der Waals surface area contributed by atoms with Gasteiger partial charge in [0.25, 0.3) is 5.91 Å². The van der Waals surface area contributed by atoms with Crippen LogP contribution < -0.4 is 5.48 Å². The van der Waals surface area contributed by atoms with Gasteiger partial charge in [-0.05, 0) is 54.7 Å². The molecule has 0 radical (unpaired) electrons. The molecule has 1 aliphatic heterocycles. The first-order chi connectivity index (χ1) is 13.4. The van der Waals surface area contributed by atoms with Gasteiger partial charge in [-0.25, -0.2) is 18.3 Å². The molecule has 2 N–H and O–H groups in total. The number of aryl methyl sites for hydroxylation is 1. The van der Waals surface area contributed by atoms with E-state index in [2.05, 4.69) is 6.92 Å². The smallest absolute Gasteiger partial charge is 0.274 e. The van der Waals surface area contributed by atoms with E-state index in [-0.39, 0.29) is 35.5 Å². The molecule has 0 unspecified atom stereocenters. The minimum absolute atomic E-state index is 0.00211. The van der Waals surface area contributed by atoms with E-state index in [0.29, 0.717) is 5.56 Å². The van der Waals surface area contributed by atoms with Crippen LogP contribution in [0.2, 0.25) is 0 Å². The standard InChI is InChI=1S/C20H23FN2O4S/c1-2-3-4-14-5-7-17(8-6-14)28(26,27)23-10-9-15-11-16(20(24)22-25)12-19(21)18(15)13-23/h5-8,11-12,25H,2-4,9-10,13H2,1H3,(H,22,24). The molecule has 0 aromatic heterocycles. The molecular formula is C20H23FN2O4S. The summed E-state index contributed by atoms with van der Waals surface area (Å²) < 4.78 is 41.7. The average Bonchev–Trinajstić information content (AvgIpc) is 2.71. The first-order valence-corrected chi connectivity index (χ1v) is 10.7. The Morgan fingerprint density at radius 1 is 1.25 bits per heavy atom. The molecular weight excluding hydrogens is 383 g/mol. The summed E-state index contributed by atoms with van der Waals surface area (Å²) >= 11 is 0. The zero-order chi connectivity index (χ0) is 20.3. The van der Waals surface area contributed by atoms with E-state index in [1.165, 1.54) is 15.9 Å². The van der Waals surface area contributed by atoms with Crippen molar-refractivity contribution in [1.82, 2.24) is 9.79 Å². The number of benzene rings is 2. The van der Waals surface area contributed by atoms with Crippen LogP contribution >= 0.6 is 0 Å². The second-order valence-corrected chi connectivity index (χ2v) is 8.81. The number of sulfonamides is 1. The lowest BCUT2D eigenvalue weighted by Gasteiger charge is -2.28. The largest absolute Gasteiger partial charge is 0.288 e. The molecule has 28 heavy (non-hydrogen) atoms. The number of hydroxylamine groups is 1. The van der Waals surface area contributed by atoms with Crippen LogP contribution in [0.3, 0.4) is 0 Å². The number of unbranched alkanes of at least 4 members (excludes halogenated alkanes) is 1. The zero-order valence-corrected chi connectivity index (χ0v) is 16.4. The van der Waals surface area contributed by atoms with Gasteiger partial charge in [0.15, 0.2) is 0 Å². The van der Waals surface area contributed by atoms with Crippen LogP contribution in [-0.2, 0) is 29.4 Å². The summed E-state index contributed by atoms with van der Waals surface area (Å²) in [5.74, 6) is -1.47. The van der Waals surface area contributed by atoms with Crippen molar-refractivity contribution in [1.29, 1.82) is 0 Å². The Hall–Kier alpha value is -2.29. The van der Waals surface area contributed by atoms with Crippen molar-refractivity contribution < 1.29 is 22.8 Å². The molecule has 0 saturated heterocycles. The molecule has 1 amide bonds. The van der Waals surface area contributed by atoms with Crippen molar-refractivity contribution in [3.05, 3.63) is 64.5 Å². The van der Waals surface area contributed by atoms with E-state index in [1.54, 1.807) is 12.1 Å². The van der Waals surface area contributed by atoms with Gasteiger partial charge in [-0.2, -0.15) is 4.31 Å². The van der Waals surface area contributed by atoms with E-state index in [9.17, 15) is 17.6 Å². The molecule has 150 valence electrons. The number of fused-ring (bicyclic) bond motifs is 1. The molecule has 8 heteroatoms. The van der Waals surface area contributed by atoms with Gasteiger partial charge in [-0.15, -0.1) is 0 Å². The van der Waals surface area contributed by atoms with Crippen molar-refractivity contribution in [2.45, 2.75) is 44.0 Å². The van der Waals surface area contributed by atoms with Gasteiger partial charge in [-0.1, -0.05) is 25.5 Å². The van der Waals surface area contributed by atoms with E-state index in [1.807, 2.05) is 12.1 Å². The molecule has 6 nitrogen and oxygen atoms in total. The molecule has 1 aliphatic rings. The SMILES string of the molecule is CCCCc1ccc(S(=O)(=O)N2CCc3cc(C(=O)NO)cc(F)c3C2)cc1. The lowest BCUT2D eigenvalue weighted by Crippen LogP contribution is -2.36. The van der Waals surface area contributed by atoms with Gasteiger partial charge in [0.05, 0.1) is 4.90 Å². The molecule has 2 aromatic rings. The summed E-state index contributed by atoms with van der Waals surface area (Å²) in [6, 6.07) is 9.32. The molecule has 0 fully saturated rings. The van der Waals surface area contributed by atoms with E-state index in [4.69, 9.17) is 5.21 Å². The van der Waals surface area contributed by atoms with Crippen molar-refractivity contribution in [2.24, 2.45) is 0 Å². The molecule has 0 aliphatic carbocycles. The number of hydrogen-bond acceptors (Lipinski definition) is 4. The van der Waals surface area contributed by atoms with Crippen LogP contribution in [-0.4, -0.2) is 30.4 Å². The number of nitrogens with one attached hydrogen (secondary N) is 1. The Bertz CT molecular complexity index is 974. The van der Waals surface area contributed by atoms with Crippen LogP contribution in [0.5, 0.6) is 0 Å². The first kappa shape index (κ1) is 20.4. The number of carbonyl (C=O) groups is 1. The third-order valence-electron chi connectivity index (χ3n) is 5.00. The first-order valence-electron chi connectivity index (χ1n) is 9.21. The van der Waals surface area contributed by atoms with Gasteiger partial charge in [0, 0.05) is 24.2 Å². The van der Waals surface area contributed by atoms with Gasteiger partial charge >= 0.3 is 0 Å². The Morgan fingerprint density at radius 2 is 1.96 bits per heavy atom. The van der Waals surface area contributed by atoms with E-state index in [0.717, 1.165) is 30.9 Å². The van der Waals surface area contributed by atoms with E-state index >= 15 is 0 Å². The third-order valence-corrected chi connectivity index (χ3v) is 6.86. The molecule has 2 aromatic carbocycles. The maximum absolute atomic E-state index is 14.5. The zero-order valence-electron chi connectivity index (χ0n) is 15.6. The summed E-state index contributed by atoms with van der Waals surface area (Å²) in [7, 11) is -3.74. The molecule has 0 atom stereocenters. The van der Waals surface area contributed by atoms with Crippen molar-refractivity contribution in [3.8, 4) is 0 Å². The highest BCUT2D eigenvalue weighted by Crippen LogP contribution is 2.28. The van der Waals surface area contributed by atoms with Crippen LogP contribution in [0.15, 0.2) is 41.3 Å². The predicted molar refractivity (Wildman–Crippen MR) is 102 cm³/mol. The molecule has 3 rings (SSSR count). The second-order valence-electron chi connectivity index (χ2n) is 6.87. The number of halogens is 1. The third kappa shape index (κ3) is 4.09. The topological polar surface area (TPSA) is 86.7 Å². The van der Waals surface area contributed by atoms with Crippen LogP contribution in [0, 0.1) is 5.82 Å². The summed E-state index contributed by atoms with van der Waals surface area (Å²) in [5, 5.41) is 8.72. The Labute approximate surface area is 164 Å². The van der Waals surface area contributed by atoms with Crippen LogP contribution in [0.1, 0.15) is 46.8 Å². The summed E-state index contributed by atoms with van der Waals surface area (Å²) in [4.78, 5) is 11.7. The minimum Gasteiger partial charge on any atom is -0.288 e. The predicted octanol–water partition coefficient (Wildman–Crippen LogP) is 3.03. The molecule has 0 saturated carbocycles. The quantitative estimate of drug-likeness (QED) is 0.570. The Morgan fingerprint density at radius 3 is 2.61 bits per heavy atom. The average molecular weight is 406 g/mol. The molecule has 0 spiro atoms. The number of carbonyl (C=O) groups excluding carboxylic acids is 1. The van der Waals surface area contributed by atoms with E-state index < -0.39 is 21.7 Å². The monoisotopic (exact) mass is 406 g/mol. The fourth-order valence-electron chi connectivity index (χ4n) is 3.35. The maximum atomic E-state index is 14.5. The number of hydrogen-bond donors (Lipinski definition) is 2. The van der Waals surface area contributed by atoms with Crippen LogP contribution in [0.25, 0.3) is 0 Å². The lowest BCUT2D eigenvalue weighted by molar-refractivity contribution is 0.0705. The summed E-state index contributed by atoms with van der Waals surface area (Å²) in [6.07, 6.45) is 3.31. The van der Waals surface area contributed by atoms with Crippen molar-refractivity contribution in [2.75, 3.05) is 6.54 Å². The minimum atomic E-state index is -3.74. The normalized spacial score (nSPS) is 14.5. The van der Waals surface area contributed by atoms with Gasteiger partial charge < -0.3 is 0 Å². The van der Waals surface area contributed by atoms with Gasteiger partial charge in [0.2, 0.25) is 10.0 Å². The van der Waals surface area contributed by atoms with Gasteiger partial charge in [0.1, 0.15) is 5.82 Å². The fraction of sp³-hybridized carbons (Fsp3) is 0.350. The van der Waals surface area contributed by atoms with Crippen molar-refractivity contribution in [3.63, 3.8) is 0 Å². The second kappa shape index (κ2) is 8.38. The highest BCUT2D eigenvalue weighted by molar-refractivity contribution is 7.89. The number of amides is 1. The highest BCUT2D eigenvalue weighted by Gasteiger charge is 2.30. The van der Waals surface area contributed by atoms with Gasteiger partial charge in [-0.3, -0.25) is 10.0 Å². The Kier molecular flexibility index (Phi) is 6.12. The number of nitrogens with zero attached hydrogens (tertiary/aromatic N) is 1. The van der Waals surface area contributed by atoms with Crippen molar-refractivity contribution >= 4 is 15.9 Å². The highest BCUT2D eigenvalue weighted by atomic mass is 32.2. The molecule has 1 heterocycles.